The third-order valence-electron chi connectivity index (χ3n) is 6.01. The normalized spacial score (nSPS) is 11.5. The van der Waals surface area contributed by atoms with Gasteiger partial charge in [0.2, 0.25) is 0 Å². The molecule has 31 heavy (non-hydrogen) atoms. The topological polar surface area (TPSA) is 22.2 Å². The molecule has 0 aliphatic rings. The number of nitrogens with zero attached hydrogens (tertiary/aromatic N) is 3. The first-order valence-corrected chi connectivity index (χ1v) is 10.6. The predicted octanol–water partition coefficient (Wildman–Crippen LogP) is 6.66. The minimum absolute atomic E-state index is 0.141. The van der Waals surface area contributed by atoms with Gasteiger partial charge < -0.3 is 8.97 Å². The number of imidazole rings is 1. The first kappa shape index (κ1) is 19.3. The van der Waals surface area contributed by atoms with Crippen molar-refractivity contribution in [1.29, 1.82) is 0 Å². The lowest BCUT2D eigenvalue weighted by Gasteiger charge is -2.12. The average Bonchev–Trinajstić information content (AvgIpc) is 3.32. The van der Waals surface area contributed by atoms with E-state index in [9.17, 15) is 4.39 Å². The molecule has 0 fully saturated rings. The minimum Gasteiger partial charge on any atom is -0.335 e. The second-order valence-corrected chi connectivity index (χ2v) is 7.89. The maximum atomic E-state index is 14.1. The number of aryl methyl sites for hydroxylation is 2. The average molecular weight is 410 g/mol. The maximum absolute atomic E-state index is 14.1. The van der Waals surface area contributed by atoms with Crippen molar-refractivity contribution < 1.29 is 4.39 Å². The number of rotatable bonds is 5. The van der Waals surface area contributed by atoms with Crippen LogP contribution in [0, 0.1) is 12.7 Å². The molecule has 0 amide bonds. The van der Waals surface area contributed by atoms with E-state index in [0.717, 1.165) is 44.9 Å². The Balaban J connectivity index is 1.70. The minimum atomic E-state index is -0.141. The van der Waals surface area contributed by atoms with E-state index in [0.29, 0.717) is 13.0 Å². The Morgan fingerprint density at radius 1 is 1.06 bits per heavy atom. The van der Waals surface area contributed by atoms with Gasteiger partial charge in [-0.15, -0.1) is 0 Å². The summed E-state index contributed by atoms with van der Waals surface area (Å²) in [6.07, 6.45) is 4.55. The largest absolute Gasteiger partial charge is 0.335 e. The number of hydrogen-bond donors (Lipinski definition) is 0. The molecule has 0 unspecified atom stereocenters. The summed E-state index contributed by atoms with van der Waals surface area (Å²) in [4.78, 5) is 4.97. The van der Waals surface area contributed by atoms with Crippen LogP contribution < -0.4 is 0 Å². The van der Waals surface area contributed by atoms with Crippen LogP contribution in [0.4, 0.5) is 4.39 Å². The molecule has 0 N–H and O–H groups in total. The van der Waals surface area contributed by atoms with Crippen molar-refractivity contribution in [2.75, 3.05) is 0 Å². The van der Waals surface area contributed by atoms with E-state index in [1.807, 2.05) is 43.5 Å². The number of aromatic nitrogens is 3. The third kappa shape index (κ3) is 3.25. The van der Waals surface area contributed by atoms with E-state index >= 15 is 0 Å². The Morgan fingerprint density at radius 2 is 1.90 bits per heavy atom. The number of halogens is 1. The molecule has 5 aromatic rings. The third-order valence-corrected chi connectivity index (χ3v) is 6.01. The zero-order chi connectivity index (χ0) is 21.5. The van der Waals surface area contributed by atoms with Crippen LogP contribution in [-0.2, 0) is 13.0 Å². The Labute approximate surface area is 181 Å². The summed E-state index contributed by atoms with van der Waals surface area (Å²) in [5.74, 6) is -0.141. The lowest BCUT2D eigenvalue weighted by molar-refractivity contribution is 0.610. The molecule has 2 aromatic carbocycles. The van der Waals surface area contributed by atoms with Gasteiger partial charge in [0.25, 0.3) is 0 Å². The Bertz CT molecular complexity index is 1440. The Hall–Kier alpha value is -3.66. The zero-order valence-corrected chi connectivity index (χ0v) is 17.8. The molecule has 3 nitrogen and oxygen atoms in total. The number of para-hydroxylation sites is 1. The van der Waals surface area contributed by atoms with Gasteiger partial charge in [-0.25, -0.2) is 9.37 Å². The fraction of sp³-hybridized carbons (Fsp3) is 0.148. The highest BCUT2D eigenvalue weighted by molar-refractivity contribution is 5.87. The van der Waals surface area contributed by atoms with Gasteiger partial charge in [0, 0.05) is 29.3 Å². The van der Waals surface area contributed by atoms with Crippen LogP contribution in [0.15, 0.2) is 73.4 Å². The van der Waals surface area contributed by atoms with Crippen molar-refractivity contribution in [2.24, 2.45) is 0 Å². The van der Waals surface area contributed by atoms with E-state index < -0.39 is 0 Å². The number of fused-ring (bicyclic) bond motifs is 2. The molecule has 0 aliphatic heterocycles. The Kier molecular flexibility index (Phi) is 4.70. The second-order valence-electron chi connectivity index (χ2n) is 7.89. The van der Waals surface area contributed by atoms with Crippen LogP contribution in [0.1, 0.15) is 29.3 Å². The lowest BCUT2D eigenvalue weighted by atomic mass is 10.1. The van der Waals surface area contributed by atoms with Crippen molar-refractivity contribution in [3.8, 4) is 11.4 Å². The molecule has 3 aromatic heterocycles. The first-order chi connectivity index (χ1) is 15.1. The summed E-state index contributed by atoms with van der Waals surface area (Å²) in [6.45, 7) is 8.60. The molecule has 0 bridgehead atoms. The van der Waals surface area contributed by atoms with Crippen LogP contribution in [-0.4, -0.2) is 14.0 Å². The molecule has 0 atom stereocenters. The monoisotopic (exact) mass is 409 g/mol. The highest BCUT2D eigenvalue weighted by atomic mass is 19.1. The van der Waals surface area contributed by atoms with Gasteiger partial charge in [-0.3, -0.25) is 0 Å². The summed E-state index contributed by atoms with van der Waals surface area (Å²) in [5, 5.41) is 1.17. The lowest BCUT2D eigenvalue weighted by Crippen LogP contribution is -2.03. The van der Waals surface area contributed by atoms with Gasteiger partial charge in [0.15, 0.2) is 0 Å². The van der Waals surface area contributed by atoms with Crippen LogP contribution in [0.2, 0.25) is 0 Å². The molecule has 0 spiro atoms. The van der Waals surface area contributed by atoms with E-state index in [-0.39, 0.29) is 5.82 Å². The molecule has 154 valence electrons. The summed E-state index contributed by atoms with van der Waals surface area (Å²) in [5.41, 5.74) is 8.01. The molecule has 3 heterocycles. The zero-order valence-electron chi connectivity index (χ0n) is 17.8. The van der Waals surface area contributed by atoms with Crippen LogP contribution in [0.25, 0.3) is 34.0 Å². The quantitative estimate of drug-likeness (QED) is 0.318. The van der Waals surface area contributed by atoms with Crippen molar-refractivity contribution in [3.63, 3.8) is 0 Å². The van der Waals surface area contributed by atoms with Gasteiger partial charge >= 0.3 is 0 Å². The van der Waals surface area contributed by atoms with E-state index in [1.54, 1.807) is 6.07 Å². The number of hydrogen-bond acceptors (Lipinski definition) is 1. The van der Waals surface area contributed by atoms with Crippen molar-refractivity contribution in [2.45, 2.75) is 26.8 Å². The molecule has 5 rings (SSSR count). The van der Waals surface area contributed by atoms with Gasteiger partial charge in [0.05, 0.1) is 5.69 Å². The molecule has 4 heteroatoms. The van der Waals surface area contributed by atoms with Crippen LogP contribution >= 0.6 is 0 Å². The SMILES string of the molecule is C=Cc1ccn2c(C)c(-c3cc4ccccc4n3Cc3ccc(F)c(CC)c3)nc2c1. The summed E-state index contributed by atoms with van der Waals surface area (Å²) in [6, 6.07) is 20.1. The summed E-state index contributed by atoms with van der Waals surface area (Å²) >= 11 is 0. The second kappa shape index (κ2) is 7.55. The molecule has 0 aliphatic carbocycles. The fourth-order valence-corrected chi connectivity index (χ4v) is 4.31. The van der Waals surface area contributed by atoms with Gasteiger partial charge in [-0.05, 0) is 60.4 Å². The van der Waals surface area contributed by atoms with Crippen LogP contribution in [0.5, 0.6) is 0 Å². The highest BCUT2D eigenvalue weighted by Gasteiger charge is 2.17. The van der Waals surface area contributed by atoms with Gasteiger partial charge in [0.1, 0.15) is 17.2 Å². The van der Waals surface area contributed by atoms with Gasteiger partial charge in [-0.2, -0.15) is 0 Å². The number of benzene rings is 2. The van der Waals surface area contributed by atoms with Crippen molar-refractivity contribution in [3.05, 3.63) is 102 Å². The molecule has 0 saturated heterocycles. The van der Waals surface area contributed by atoms with E-state index in [1.165, 1.54) is 5.39 Å². The number of pyridine rings is 1. The summed E-state index contributed by atoms with van der Waals surface area (Å²) < 4.78 is 18.4. The molecular formula is C27H24FN3. The predicted molar refractivity (Wildman–Crippen MR) is 126 cm³/mol. The Morgan fingerprint density at radius 3 is 2.71 bits per heavy atom. The van der Waals surface area contributed by atoms with Crippen molar-refractivity contribution >= 4 is 22.6 Å². The summed E-state index contributed by atoms with van der Waals surface area (Å²) in [7, 11) is 0. The standard InChI is InChI=1S/C27H24FN3/c1-4-19-12-13-30-18(3)27(29-26(30)15-19)25-16-22-8-6-7-9-24(22)31(25)17-20-10-11-23(28)21(5-2)14-20/h4,6-16H,1,5,17H2,2-3H3. The van der Waals surface area contributed by atoms with Gasteiger partial charge in [-0.1, -0.05) is 49.9 Å². The smallest absolute Gasteiger partial charge is 0.138 e. The molecule has 0 saturated carbocycles. The maximum Gasteiger partial charge on any atom is 0.138 e. The molecule has 0 radical (unpaired) electrons. The van der Waals surface area contributed by atoms with E-state index in [4.69, 9.17) is 4.98 Å². The highest BCUT2D eigenvalue weighted by Crippen LogP contribution is 2.31. The van der Waals surface area contributed by atoms with Crippen molar-refractivity contribution in [1.82, 2.24) is 14.0 Å². The van der Waals surface area contributed by atoms with Crippen LogP contribution in [0.3, 0.4) is 0 Å². The molecular weight excluding hydrogens is 385 g/mol. The van der Waals surface area contributed by atoms with E-state index in [2.05, 4.69) is 52.8 Å². The fourth-order valence-electron chi connectivity index (χ4n) is 4.31. The first-order valence-electron chi connectivity index (χ1n) is 10.6.